The smallest absolute Gasteiger partial charge is 0.128 e. The van der Waals surface area contributed by atoms with Crippen LogP contribution in [0, 0.1) is 18.7 Å². The maximum absolute atomic E-state index is 14.3. The fraction of sp³-hybridized carbons (Fsp3) is 0.263. The molecule has 22 heavy (non-hydrogen) atoms. The minimum atomic E-state index is -0.145. The second-order valence-corrected chi connectivity index (χ2v) is 6.56. The van der Waals surface area contributed by atoms with Crippen molar-refractivity contribution in [2.45, 2.75) is 25.3 Å². The fourth-order valence-corrected chi connectivity index (χ4v) is 4.13. The lowest BCUT2D eigenvalue weighted by molar-refractivity contribution is 0.413. The molecule has 0 saturated carbocycles. The van der Waals surface area contributed by atoms with Gasteiger partial charge in [0.2, 0.25) is 0 Å². The summed E-state index contributed by atoms with van der Waals surface area (Å²) in [6.07, 6.45) is 5.36. The van der Waals surface area contributed by atoms with Gasteiger partial charge in [-0.25, -0.2) is 4.39 Å². The molecule has 0 aromatic heterocycles. The van der Waals surface area contributed by atoms with E-state index in [-0.39, 0.29) is 17.8 Å². The topological polar surface area (TPSA) is 12.0 Å². The summed E-state index contributed by atoms with van der Waals surface area (Å²) >= 11 is 6.46. The van der Waals surface area contributed by atoms with E-state index < -0.39 is 0 Å². The Balaban J connectivity index is 1.88. The molecule has 0 radical (unpaired) electrons. The molecule has 0 spiro atoms. The molecule has 0 bridgehead atoms. The quantitative estimate of drug-likeness (QED) is 0.674. The molecule has 2 aromatic carbocycles. The van der Waals surface area contributed by atoms with Crippen LogP contribution in [0.15, 0.2) is 48.6 Å². The van der Waals surface area contributed by atoms with Crippen molar-refractivity contribution in [3.05, 3.63) is 76.1 Å². The Morgan fingerprint density at radius 1 is 1.18 bits per heavy atom. The number of nitrogens with one attached hydrogen (secondary N) is 1. The SMILES string of the molecule is Cc1ccc(Cl)c2c1N[C@H](c1ccccc1F)[C@@H]1CC=C[C@@H]21. The highest BCUT2D eigenvalue weighted by atomic mass is 35.5. The monoisotopic (exact) mass is 313 g/mol. The van der Waals surface area contributed by atoms with Crippen LogP contribution in [0.1, 0.15) is 35.1 Å². The first-order valence-corrected chi connectivity index (χ1v) is 8.01. The normalized spacial score (nSPS) is 25.5. The number of benzene rings is 2. The zero-order valence-electron chi connectivity index (χ0n) is 12.3. The maximum atomic E-state index is 14.3. The molecule has 0 saturated heterocycles. The molecule has 4 rings (SSSR count). The standard InChI is InChI=1S/C19H17ClFN/c1-11-9-10-15(20)17-12-6-4-7-13(12)19(22-18(11)17)14-5-2-3-8-16(14)21/h2-6,8-10,12-13,19,22H,7H2,1H3/t12-,13-,19+/m1/s1. The summed E-state index contributed by atoms with van der Waals surface area (Å²) in [4.78, 5) is 0. The van der Waals surface area contributed by atoms with Crippen molar-refractivity contribution < 1.29 is 4.39 Å². The Labute approximate surface area is 134 Å². The molecule has 1 aliphatic heterocycles. The van der Waals surface area contributed by atoms with Gasteiger partial charge in [0, 0.05) is 27.8 Å². The molecular formula is C19H17ClFN. The largest absolute Gasteiger partial charge is 0.377 e. The van der Waals surface area contributed by atoms with Crippen LogP contribution in [0.4, 0.5) is 10.1 Å². The third-order valence-electron chi connectivity index (χ3n) is 4.92. The van der Waals surface area contributed by atoms with E-state index in [1.165, 1.54) is 6.07 Å². The predicted octanol–water partition coefficient (Wildman–Crippen LogP) is 5.61. The van der Waals surface area contributed by atoms with Gasteiger partial charge >= 0.3 is 0 Å². The summed E-state index contributed by atoms with van der Waals surface area (Å²) in [6.45, 7) is 2.07. The van der Waals surface area contributed by atoms with Crippen LogP contribution in [-0.4, -0.2) is 0 Å². The Morgan fingerprint density at radius 2 is 2.00 bits per heavy atom. The highest BCUT2D eigenvalue weighted by Gasteiger charge is 2.40. The van der Waals surface area contributed by atoms with Crippen molar-refractivity contribution in [3.63, 3.8) is 0 Å². The van der Waals surface area contributed by atoms with E-state index in [9.17, 15) is 4.39 Å². The highest BCUT2D eigenvalue weighted by Crippen LogP contribution is 2.52. The van der Waals surface area contributed by atoms with Crippen molar-refractivity contribution in [1.29, 1.82) is 0 Å². The average Bonchev–Trinajstić information content (AvgIpc) is 3.00. The summed E-state index contributed by atoms with van der Waals surface area (Å²) < 4.78 is 14.3. The molecule has 112 valence electrons. The molecule has 0 amide bonds. The molecule has 2 aliphatic rings. The number of anilines is 1. The predicted molar refractivity (Wildman–Crippen MR) is 88.9 cm³/mol. The van der Waals surface area contributed by atoms with Crippen molar-refractivity contribution >= 4 is 17.3 Å². The number of hydrogen-bond acceptors (Lipinski definition) is 1. The van der Waals surface area contributed by atoms with Crippen LogP contribution >= 0.6 is 11.6 Å². The number of allylic oxidation sites excluding steroid dienone is 2. The summed E-state index contributed by atoms with van der Waals surface area (Å²) in [5, 5.41) is 4.36. The molecule has 1 N–H and O–H groups in total. The van der Waals surface area contributed by atoms with Gasteiger partial charge < -0.3 is 5.32 Å². The molecule has 0 unspecified atom stereocenters. The molecule has 2 aromatic rings. The lowest BCUT2D eigenvalue weighted by Crippen LogP contribution is -2.30. The van der Waals surface area contributed by atoms with Gasteiger partial charge in [-0.1, -0.05) is 48.0 Å². The van der Waals surface area contributed by atoms with Gasteiger partial charge in [-0.15, -0.1) is 0 Å². The van der Waals surface area contributed by atoms with Crippen molar-refractivity contribution in [2.75, 3.05) is 5.32 Å². The maximum Gasteiger partial charge on any atom is 0.128 e. The molecule has 0 fully saturated rings. The van der Waals surface area contributed by atoms with Gasteiger partial charge in [0.15, 0.2) is 0 Å². The van der Waals surface area contributed by atoms with Crippen molar-refractivity contribution in [3.8, 4) is 0 Å². The van der Waals surface area contributed by atoms with E-state index in [2.05, 4.69) is 24.4 Å². The first kappa shape index (κ1) is 13.8. The van der Waals surface area contributed by atoms with Crippen molar-refractivity contribution in [2.24, 2.45) is 5.92 Å². The average molecular weight is 314 g/mol. The first-order valence-electron chi connectivity index (χ1n) is 7.63. The summed E-state index contributed by atoms with van der Waals surface area (Å²) in [5.41, 5.74) is 4.12. The number of aryl methyl sites for hydroxylation is 1. The number of hydrogen-bond donors (Lipinski definition) is 1. The number of fused-ring (bicyclic) bond motifs is 3. The summed E-state index contributed by atoms with van der Waals surface area (Å²) in [5.74, 6) is 0.422. The van der Waals surface area contributed by atoms with Crippen molar-refractivity contribution in [1.82, 2.24) is 0 Å². The third kappa shape index (κ3) is 1.98. The van der Waals surface area contributed by atoms with Gasteiger partial charge in [0.05, 0.1) is 6.04 Å². The van der Waals surface area contributed by atoms with Crippen LogP contribution < -0.4 is 5.32 Å². The van der Waals surface area contributed by atoms with Crippen LogP contribution in [0.2, 0.25) is 5.02 Å². The molecule has 3 atom stereocenters. The van der Waals surface area contributed by atoms with Crippen LogP contribution in [0.5, 0.6) is 0 Å². The van der Waals surface area contributed by atoms with Crippen LogP contribution in [-0.2, 0) is 0 Å². The molecule has 1 heterocycles. The van der Waals surface area contributed by atoms with Gasteiger partial charge in [-0.3, -0.25) is 0 Å². The Morgan fingerprint density at radius 3 is 2.82 bits per heavy atom. The molecule has 1 nitrogen and oxygen atoms in total. The Hall–Kier alpha value is -1.80. The fourth-order valence-electron chi connectivity index (χ4n) is 3.84. The van der Waals surface area contributed by atoms with Gasteiger partial charge in [-0.05, 0) is 37.0 Å². The van der Waals surface area contributed by atoms with Gasteiger partial charge in [-0.2, -0.15) is 0 Å². The van der Waals surface area contributed by atoms with E-state index in [1.807, 2.05) is 24.3 Å². The Kier molecular flexibility index (Phi) is 3.23. The minimum Gasteiger partial charge on any atom is -0.377 e. The van der Waals surface area contributed by atoms with E-state index in [4.69, 9.17) is 11.6 Å². The second kappa shape index (κ2) is 5.13. The van der Waals surface area contributed by atoms with Crippen LogP contribution in [0.3, 0.4) is 0 Å². The Bertz CT molecular complexity index is 768. The second-order valence-electron chi connectivity index (χ2n) is 6.15. The lowest BCUT2D eigenvalue weighted by Gasteiger charge is -2.38. The third-order valence-corrected chi connectivity index (χ3v) is 5.24. The first-order chi connectivity index (χ1) is 10.7. The molecule has 1 aliphatic carbocycles. The molecule has 3 heteroatoms. The zero-order chi connectivity index (χ0) is 15.3. The summed E-state index contributed by atoms with van der Waals surface area (Å²) in [7, 11) is 0. The number of rotatable bonds is 1. The van der Waals surface area contributed by atoms with Gasteiger partial charge in [0.1, 0.15) is 5.82 Å². The molecular weight excluding hydrogens is 297 g/mol. The zero-order valence-corrected chi connectivity index (χ0v) is 13.1. The van der Waals surface area contributed by atoms with Crippen LogP contribution in [0.25, 0.3) is 0 Å². The van der Waals surface area contributed by atoms with E-state index in [0.29, 0.717) is 5.92 Å². The van der Waals surface area contributed by atoms with Gasteiger partial charge in [0.25, 0.3) is 0 Å². The summed E-state index contributed by atoms with van der Waals surface area (Å²) in [6, 6.07) is 11.0. The van der Waals surface area contributed by atoms with E-state index in [0.717, 1.165) is 33.8 Å². The number of halogens is 2. The van der Waals surface area contributed by atoms with E-state index in [1.54, 1.807) is 6.07 Å². The minimum absolute atomic E-state index is 0.0223. The highest BCUT2D eigenvalue weighted by molar-refractivity contribution is 6.32. The lowest BCUT2D eigenvalue weighted by atomic mass is 9.76. The van der Waals surface area contributed by atoms with E-state index >= 15 is 0 Å².